The lowest BCUT2D eigenvalue weighted by molar-refractivity contribution is 0.0719. The number of benzene rings is 1. The lowest BCUT2D eigenvalue weighted by Gasteiger charge is -2.24. The van der Waals surface area contributed by atoms with E-state index in [9.17, 15) is 10.4 Å². The monoisotopic (exact) mass is 362 g/mol. The van der Waals surface area contributed by atoms with Crippen LogP contribution in [0.2, 0.25) is 0 Å². The number of nitrogens with one attached hydrogen (secondary N) is 1. The van der Waals surface area contributed by atoms with Crippen molar-refractivity contribution in [1.29, 1.82) is 5.26 Å². The molecular weight excluding hydrogens is 344 g/mol. The summed E-state index contributed by atoms with van der Waals surface area (Å²) >= 11 is 1.56. The highest BCUT2D eigenvalue weighted by Crippen LogP contribution is 2.28. The van der Waals surface area contributed by atoms with Crippen LogP contribution in [0, 0.1) is 18.3 Å². The number of para-hydroxylation sites is 2. The molecule has 1 atom stereocenters. The van der Waals surface area contributed by atoms with Crippen LogP contribution >= 0.6 is 11.3 Å². The van der Waals surface area contributed by atoms with Gasteiger partial charge in [0.05, 0.1) is 16.6 Å². The highest BCUT2D eigenvalue weighted by molar-refractivity contribution is 7.08. The number of rotatable bonds is 4. The average Bonchev–Trinajstić information content (AvgIpc) is 3.28. The zero-order valence-corrected chi connectivity index (χ0v) is 15.3. The van der Waals surface area contributed by atoms with Crippen molar-refractivity contribution in [3.8, 4) is 6.07 Å². The molecule has 0 fully saturated rings. The number of hydrogen-bond acceptors (Lipinski definition) is 5. The second-order valence-corrected chi connectivity index (χ2v) is 7.38. The summed E-state index contributed by atoms with van der Waals surface area (Å²) in [6.45, 7) is 4.04. The summed E-state index contributed by atoms with van der Waals surface area (Å²) in [6.07, 6.45) is 0. The molecule has 0 radical (unpaired) electrons. The van der Waals surface area contributed by atoms with Crippen LogP contribution in [-0.4, -0.2) is 21.0 Å². The SMILES string of the molecule is Cc1cc(NCC(C)(O)c2ccsc2)n2c(nc3ccccc32)c1C#N. The van der Waals surface area contributed by atoms with Crippen LogP contribution < -0.4 is 5.32 Å². The summed E-state index contributed by atoms with van der Waals surface area (Å²) in [4.78, 5) is 4.64. The molecule has 1 unspecified atom stereocenters. The summed E-state index contributed by atoms with van der Waals surface area (Å²) in [5.74, 6) is 0.806. The van der Waals surface area contributed by atoms with Crippen LogP contribution in [-0.2, 0) is 5.60 Å². The summed E-state index contributed by atoms with van der Waals surface area (Å²) in [5.41, 5.74) is 3.70. The van der Waals surface area contributed by atoms with Gasteiger partial charge in [0, 0.05) is 6.54 Å². The van der Waals surface area contributed by atoms with Crippen molar-refractivity contribution in [2.45, 2.75) is 19.4 Å². The summed E-state index contributed by atoms with van der Waals surface area (Å²) in [7, 11) is 0. The molecule has 0 aliphatic carbocycles. The minimum Gasteiger partial charge on any atom is -0.384 e. The number of anilines is 1. The lowest BCUT2D eigenvalue weighted by atomic mass is 9.99. The van der Waals surface area contributed by atoms with Gasteiger partial charge in [0.1, 0.15) is 17.5 Å². The van der Waals surface area contributed by atoms with Crippen molar-refractivity contribution >= 4 is 33.8 Å². The van der Waals surface area contributed by atoms with Gasteiger partial charge in [0.15, 0.2) is 5.65 Å². The normalized spacial score (nSPS) is 13.6. The first-order valence-electron chi connectivity index (χ1n) is 8.31. The standard InChI is InChI=1S/C20H18N4OS/c1-13-9-18(22-12-20(2,25)14-7-8-26-11-14)24-17-6-4-3-5-16(17)23-19(24)15(13)10-21/h3-9,11,22,25H,12H2,1-2H3. The van der Waals surface area contributed by atoms with Gasteiger partial charge < -0.3 is 10.4 Å². The van der Waals surface area contributed by atoms with Crippen LogP contribution in [0.5, 0.6) is 0 Å². The molecule has 0 saturated carbocycles. The van der Waals surface area contributed by atoms with Crippen LogP contribution in [0.25, 0.3) is 16.7 Å². The summed E-state index contributed by atoms with van der Waals surface area (Å²) in [5, 5.41) is 27.6. The maximum Gasteiger partial charge on any atom is 0.157 e. The van der Waals surface area contributed by atoms with Gasteiger partial charge in [-0.2, -0.15) is 16.6 Å². The fourth-order valence-corrected chi connectivity index (χ4v) is 3.94. The first kappa shape index (κ1) is 16.6. The van der Waals surface area contributed by atoms with Crippen molar-refractivity contribution in [2.24, 2.45) is 0 Å². The molecule has 0 amide bonds. The molecule has 130 valence electrons. The van der Waals surface area contributed by atoms with Crippen molar-refractivity contribution in [1.82, 2.24) is 9.38 Å². The Bertz CT molecular complexity index is 1140. The van der Waals surface area contributed by atoms with Gasteiger partial charge in [-0.3, -0.25) is 4.40 Å². The van der Waals surface area contributed by atoms with Crippen molar-refractivity contribution < 1.29 is 5.11 Å². The third-order valence-corrected chi connectivity index (χ3v) is 5.32. The maximum atomic E-state index is 10.8. The zero-order chi connectivity index (χ0) is 18.3. The third-order valence-electron chi connectivity index (χ3n) is 4.64. The van der Waals surface area contributed by atoms with Gasteiger partial charge in [-0.1, -0.05) is 12.1 Å². The molecule has 5 nitrogen and oxygen atoms in total. The van der Waals surface area contributed by atoms with Gasteiger partial charge >= 0.3 is 0 Å². The van der Waals surface area contributed by atoms with Crippen LogP contribution in [0.3, 0.4) is 0 Å². The second-order valence-electron chi connectivity index (χ2n) is 6.60. The minimum absolute atomic E-state index is 0.344. The number of aliphatic hydroxyl groups is 1. The van der Waals surface area contributed by atoms with Gasteiger partial charge in [0.2, 0.25) is 0 Å². The maximum absolute atomic E-state index is 10.8. The van der Waals surface area contributed by atoms with E-state index in [0.29, 0.717) is 17.8 Å². The molecule has 2 N–H and O–H groups in total. The summed E-state index contributed by atoms with van der Waals surface area (Å²) < 4.78 is 1.95. The van der Waals surface area contributed by atoms with E-state index in [1.807, 2.05) is 58.5 Å². The van der Waals surface area contributed by atoms with Crippen molar-refractivity contribution in [3.05, 3.63) is 63.8 Å². The second kappa shape index (κ2) is 6.13. The number of nitriles is 1. The molecule has 3 aromatic heterocycles. The molecule has 26 heavy (non-hydrogen) atoms. The van der Waals surface area contributed by atoms with Gasteiger partial charge in [-0.25, -0.2) is 4.98 Å². The molecule has 0 aliphatic rings. The smallest absolute Gasteiger partial charge is 0.157 e. The number of pyridine rings is 1. The van der Waals surface area contributed by atoms with E-state index in [1.165, 1.54) is 0 Å². The van der Waals surface area contributed by atoms with Crippen LogP contribution in [0.4, 0.5) is 5.82 Å². The van der Waals surface area contributed by atoms with E-state index in [0.717, 1.165) is 28.0 Å². The lowest BCUT2D eigenvalue weighted by Crippen LogP contribution is -2.30. The molecule has 3 heterocycles. The quantitative estimate of drug-likeness (QED) is 0.574. The largest absolute Gasteiger partial charge is 0.384 e. The minimum atomic E-state index is -0.996. The van der Waals surface area contributed by atoms with Crippen molar-refractivity contribution in [3.63, 3.8) is 0 Å². The molecular formula is C20H18N4OS. The molecule has 4 rings (SSSR count). The van der Waals surface area contributed by atoms with Crippen LogP contribution in [0.15, 0.2) is 47.2 Å². The van der Waals surface area contributed by atoms with Gasteiger partial charge in [-0.05, 0) is 60.0 Å². The first-order chi connectivity index (χ1) is 12.5. The Morgan fingerprint density at radius 3 is 2.88 bits per heavy atom. The van der Waals surface area contributed by atoms with E-state index < -0.39 is 5.60 Å². The number of thiophene rings is 1. The number of hydrogen-bond donors (Lipinski definition) is 2. The summed E-state index contributed by atoms with van der Waals surface area (Å²) in [6, 6.07) is 13.9. The predicted molar refractivity (Wildman–Crippen MR) is 105 cm³/mol. The van der Waals surface area contributed by atoms with E-state index in [1.54, 1.807) is 18.3 Å². The molecule has 6 heteroatoms. The number of aryl methyl sites for hydroxylation is 1. The average molecular weight is 362 g/mol. The van der Waals surface area contributed by atoms with E-state index in [-0.39, 0.29) is 0 Å². The fourth-order valence-electron chi connectivity index (χ4n) is 3.16. The topological polar surface area (TPSA) is 73.3 Å². The Hall–Kier alpha value is -2.88. The number of imidazole rings is 1. The number of aromatic nitrogens is 2. The van der Waals surface area contributed by atoms with Gasteiger partial charge in [-0.15, -0.1) is 0 Å². The van der Waals surface area contributed by atoms with Gasteiger partial charge in [0.25, 0.3) is 0 Å². The zero-order valence-electron chi connectivity index (χ0n) is 14.5. The molecule has 0 bridgehead atoms. The van der Waals surface area contributed by atoms with Crippen LogP contribution in [0.1, 0.15) is 23.6 Å². The molecule has 0 spiro atoms. The van der Waals surface area contributed by atoms with E-state index in [2.05, 4.69) is 16.4 Å². The van der Waals surface area contributed by atoms with E-state index >= 15 is 0 Å². The van der Waals surface area contributed by atoms with Crippen molar-refractivity contribution in [2.75, 3.05) is 11.9 Å². The third kappa shape index (κ3) is 2.62. The Labute approximate surface area is 155 Å². The Morgan fingerprint density at radius 1 is 1.35 bits per heavy atom. The molecule has 1 aromatic carbocycles. The predicted octanol–water partition coefficient (Wildman–Crippen LogP) is 4.05. The highest BCUT2D eigenvalue weighted by Gasteiger charge is 2.24. The van der Waals surface area contributed by atoms with E-state index in [4.69, 9.17) is 0 Å². The molecule has 4 aromatic rings. The highest BCUT2D eigenvalue weighted by atomic mass is 32.1. The Morgan fingerprint density at radius 2 is 2.15 bits per heavy atom. The first-order valence-corrected chi connectivity index (χ1v) is 9.25. The number of nitrogens with zero attached hydrogens (tertiary/aromatic N) is 3. The Kier molecular flexibility index (Phi) is 3.91. The number of fused-ring (bicyclic) bond motifs is 3. The molecule has 0 saturated heterocycles. The fraction of sp³-hybridized carbons (Fsp3) is 0.200. The molecule has 0 aliphatic heterocycles. The Balaban J connectivity index is 1.84.